The Hall–Kier alpha value is -1.07. The van der Waals surface area contributed by atoms with E-state index in [-0.39, 0.29) is 12.5 Å². The minimum Gasteiger partial charge on any atom is -0.496 e. The molecule has 4 nitrogen and oxygen atoms in total. The molecule has 0 spiro atoms. The number of hydrogen-bond acceptors (Lipinski definition) is 3. The first kappa shape index (κ1) is 13.0. The standard InChI is InChI=1S/C11H14BrNO3/c1-16-10-6-7(2-3-8(10)12)9(13)4-5-11(14)15/h2-3,6,9H,4-5,13H2,1H3,(H,14,15). The van der Waals surface area contributed by atoms with Gasteiger partial charge in [-0.15, -0.1) is 0 Å². The lowest BCUT2D eigenvalue weighted by molar-refractivity contribution is -0.137. The van der Waals surface area contributed by atoms with E-state index in [2.05, 4.69) is 15.9 Å². The second-order valence-electron chi connectivity index (χ2n) is 3.43. The molecule has 1 atom stereocenters. The second kappa shape index (κ2) is 5.86. The Balaban J connectivity index is 2.75. The summed E-state index contributed by atoms with van der Waals surface area (Å²) >= 11 is 3.34. The van der Waals surface area contributed by atoms with E-state index in [9.17, 15) is 4.79 Å². The largest absolute Gasteiger partial charge is 0.496 e. The van der Waals surface area contributed by atoms with Crippen LogP contribution in [0, 0.1) is 0 Å². The van der Waals surface area contributed by atoms with Crippen LogP contribution in [0.5, 0.6) is 5.75 Å². The molecule has 0 fully saturated rings. The first-order chi connectivity index (χ1) is 7.54. The van der Waals surface area contributed by atoms with Crippen LogP contribution < -0.4 is 10.5 Å². The van der Waals surface area contributed by atoms with Gasteiger partial charge in [-0.05, 0) is 40.0 Å². The highest BCUT2D eigenvalue weighted by Gasteiger charge is 2.10. The summed E-state index contributed by atoms with van der Waals surface area (Å²) in [5, 5.41) is 8.57. The van der Waals surface area contributed by atoms with Gasteiger partial charge >= 0.3 is 5.97 Å². The lowest BCUT2D eigenvalue weighted by Crippen LogP contribution is -2.12. The number of carboxylic acid groups (broad SMARTS) is 1. The highest BCUT2D eigenvalue weighted by atomic mass is 79.9. The van der Waals surface area contributed by atoms with Gasteiger partial charge in [-0.1, -0.05) is 6.07 Å². The highest BCUT2D eigenvalue weighted by molar-refractivity contribution is 9.10. The minimum absolute atomic E-state index is 0.0690. The van der Waals surface area contributed by atoms with Crippen LogP contribution in [-0.4, -0.2) is 18.2 Å². The van der Waals surface area contributed by atoms with Gasteiger partial charge in [0.05, 0.1) is 11.6 Å². The average Bonchev–Trinajstić information content (AvgIpc) is 2.26. The SMILES string of the molecule is COc1cc(C(N)CCC(=O)O)ccc1Br. The minimum atomic E-state index is -0.834. The molecule has 1 aromatic rings. The molecule has 0 saturated carbocycles. The molecule has 0 aliphatic heterocycles. The predicted octanol–water partition coefficient (Wildman–Crippen LogP) is 2.32. The fourth-order valence-electron chi connectivity index (χ4n) is 1.35. The van der Waals surface area contributed by atoms with E-state index in [1.54, 1.807) is 7.11 Å². The number of rotatable bonds is 5. The van der Waals surface area contributed by atoms with E-state index in [1.165, 1.54) is 0 Å². The highest BCUT2D eigenvalue weighted by Crippen LogP contribution is 2.28. The summed E-state index contributed by atoms with van der Waals surface area (Å²) < 4.78 is 5.99. The van der Waals surface area contributed by atoms with Crippen LogP contribution in [0.1, 0.15) is 24.4 Å². The summed E-state index contributed by atoms with van der Waals surface area (Å²) in [6.07, 6.45) is 0.486. The van der Waals surface area contributed by atoms with Crippen LogP contribution in [0.2, 0.25) is 0 Å². The van der Waals surface area contributed by atoms with E-state index >= 15 is 0 Å². The van der Waals surface area contributed by atoms with Crippen molar-refractivity contribution in [1.29, 1.82) is 0 Å². The average molecular weight is 288 g/mol. The lowest BCUT2D eigenvalue weighted by Gasteiger charge is -2.12. The smallest absolute Gasteiger partial charge is 0.303 e. The molecule has 0 aromatic heterocycles. The van der Waals surface area contributed by atoms with Crippen molar-refractivity contribution < 1.29 is 14.6 Å². The van der Waals surface area contributed by atoms with Crippen molar-refractivity contribution in [1.82, 2.24) is 0 Å². The number of halogens is 1. The van der Waals surface area contributed by atoms with Crippen LogP contribution in [0.3, 0.4) is 0 Å². The van der Waals surface area contributed by atoms with Crippen molar-refractivity contribution in [2.24, 2.45) is 5.73 Å². The number of carbonyl (C=O) groups is 1. The van der Waals surface area contributed by atoms with E-state index in [0.717, 1.165) is 10.0 Å². The van der Waals surface area contributed by atoms with Crippen molar-refractivity contribution >= 4 is 21.9 Å². The molecule has 0 saturated heterocycles. The summed E-state index contributed by atoms with van der Waals surface area (Å²) in [6.45, 7) is 0. The van der Waals surface area contributed by atoms with Gasteiger partial charge in [0.25, 0.3) is 0 Å². The summed E-state index contributed by atoms with van der Waals surface area (Å²) in [5.74, 6) is -0.136. The van der Waals surface area contributed by atoms with Gasteiger partial charge < -0.3 is 15.6 Å². The van der Waals surface area contributed by atoms with E-state index in [4.69, 9.17) is 15.6 Å². The molecule has 1 aromatic carbocycles. The third-order valence-corrected chi connectivity index (χ3v) is 2.93. The molecule has 0 aliphatic rings. The molecule has 1 unspecified atom stereocenters. The van der Waals surface area contributed by atoms with Crippen LogP contribution in [0.25, 0.3) is 0 Å². The Kier molecular flexibility index (Phi) is 4.76. The van der Waals surface area contributed by atoms with Gasteiger partial charge in [-0.3, -0.25) is 4.79 Å². The molecule has 0 bridgehead atoms. The Morgan fingerprint density at radius 2 is 2.31 bits per heavy atom. The van der Waals surface area contributed by atoms with Crippen molar-refractivity contribution in [3.05, 3.63) is 28.2 Å². The number of carboxylic acids is 1. The summed E-state index contributed by atoms with van der Waals surface area (Å²) in [6, 6.07) is 5.24. The summed E-state index contributed by atoms with van der Waals surface area (Å²) in [4.78, 5) is 10.4. The van der Waals surface area contributed by atoms with E-state index in [0.29, 0.717) is 12.2 Å². The fraction of sp³-hybridized carbons (Fsp3) is 0.364. The first-order valence-corrected chi connectivity index (χ1v) is 5.64. The zero-order valence-corrected chi connectivity index (χ0v) is 10.5. The second-order valence-corrected chi connectivity index (χ2v) is 4.29. The van der Waals surface area contributed by atoms with Crippen LogP contribution in [-0.2, 0) is 4.79 Å². The Morgan fingerprint density at radius 1 is 1.62 bits per heavy atom. The van der Waals surface area contributed by atoms with Crippen LogP contribution >= 0.6 is 15.9 Å². The van der Waals surface area contributed by atoms with Crippen molar-refractivity contribution in [2.75, 3.05) is 7.11 Å². The Morgan fingerprint density at radius 3 is 2.88 bits per heavy atom. The molecule has 0 aliphatic carbocycles. The van der Waals surface area contributed by atoms with Crippen molar-refractivity contribution in [3.8, 4) is 5.75 Å². The maximum atomic E-state index is 10.4. The zero-order chi connectivity index (χ0) is 12.1. The normalized spacial score (nSPS) is 12.2. The summed E-state index contributed by atoms with van der Waals surface area (Å²) in [5.41, 5.74) is 6.76. The van der Waals surface area contributed by atoms with E-state index < -0.39 is 5.97 Å². The number of ether oxygens (including phenoxy) is 1. The molecule has 5 heteroatoms. The van der Waals surface area contributed by atoms with Gasteiger partial charge in [0.2, 0.25) is 0 Å². The van der Waals surface area contributed by atoms with Gasteiger partial charge in [-0.25, -0.2) is 0 Å². The predicted molar refractivity (Wildman–Crippen MR) is 64.5 cm³/mol. The quantitative estimate of drug-likeness (QED) is 0.872. The molecule has 0 radical (unpaired) electrons. The van der Waals surface area contributed by atoms with Gasteiger partial charge in [0.1, 0.15) is 5.75 Å². The lowest BCUT2D eigenvalue weighted by atomic mass is 10.0. The van der Waals surface area contributed by atoms with E-state index in [1.807, 2.05) is 18.2 Å². The van der Waals surface area contributed by atoms with Gasteiger partial charge in [0.15, 0.2) is 0 Å². The van der Waals surface area contributed by atoms with Crippen molar-refractivity contribution in [2.45, 2.75) is 18.9 Å². The molecule has 88 valence electrons. The van der Waals surface area contributed by atoms with Gasteiger partial charge in [-0.2, -0.15) is 0 Å². The first-order valence-electron chi connectivity index (χ1n) is 4.85. The number of aliphatic carboxylic acids is 1. The third kappa shape index (κ3) is 3.50. The molecule has 16 heavy (non-hydrogen) atoms. The zero-order valence-electron chi connectivity index (χ0n) is 8.94. The van der Waals surface area contributed by atoms with Crippen LogP contribution in [0.15, 0.2) is 22.7 Å². The molecule has 1 rings (SSSR count). The monoisotopic (exact) mass is 287 g/mol. The van der Waals surface area contributed by atoms with Crippen molar-refractivity contribution in [3.63, 3.8) is 0 Å². The Bertz CT molecular complexity index is 381. The van der Waals surface area contributed by atoms with Crippen LogP contribution in [0.4, 0.5) is 0 Å². The molecule has 3 N–H and O–H groups in total. The molecular weight excluding hydrogens is 274 g/mol. The maximum Gasteiger partial charge on any atom is 0.303 e. The molecule has 0 amide bonds. The Labute approximate surface area is 103 Å². The fourth-order valence-corrected chi connectivity index (χ4v) is 1.76. The third-order valence-electron chi connectivity index (χ3n) is 2.27. The summed E-state index contributed by atoms with van der Waals surface area (Å²) in [7, 11) is 1.58. The number of hydrogen-bond donors (Lipinski definition) is 2. The maximum absolute atomic E-state index is 10.4. The number of methoxy groups -OCH3 is 1. The van der Waals surface area contributed by atoms with Gasteiger partial charge in [0, 0.05) is 12.5 Å². The molecule has 0 heterocycles. The number of nitrogens with two attached hydrogens (primary N) is 1. The topological polar surface area (TPSA) is 72.5 Å². The number of benzene rings is 1. The molecular formula is C11H14BrNO3.